The Morgan fingerprint density at radius 1 is 1.14 bits per heavy atom. The van der Waals surface area contributed by atoms with Crippen LogP contribution in [0.1, 0.15) is 51.0 Å². The highest BCUT2D eigenvalue weighted by Gasteiger charge is 2.12. The summed E-state index contributed by atoms with van der Waals surface area (Å²) in [6.07, 6.45) is 8.13. The van der Waals surface area contributed by atoms with Crippen LogP contribution in [0.25, 0.3) is 5.57 Å². The Balaban J connectivity index is 2.39. The van der Waals surface area contributed by atoms with Gasteiger partial charge < -0.3 is 4.74 Å². The zero-order valence-corrected chi connectivity index (χ0v) is 12.7. The summed E-state index contributed by atoms with van der Waals surface area (Å²) in [4.78, 5) is 12.0. The Hall–Kier alpha value is -2.08. The zero-order valence-electron chi connectivity index (χ0n) is 12.7. The van der Waals surface area contributed by atoms with E-state index in [-0.39, 0.29) is 0 Å². The molecule has 0 aliphatic rings. The number of carbonyl (C=O) groups excluding carboxylic acids is 1. The molecule has 0 aliphatic carbocycles. The van der Waals surface area contributed by atoms with Gasteiger partial charge in [-0.05, 0) is 12.0 Å². The molecule has 0 radical (unpaired) electrons. The quantitative estimate of drug-likeness (QED) is 0.290. The molecule has 0 fully saturated rings. The number of hydrogen-bond donors (Lipinski definition) is 0. The van der Waals surface area contributed by atoms with Gasteiger partial charge in [0.25, 0.3) is 0 Å². The first kappa shape index (κ1) is 17.0. The maximum absolute atomic E-state index is 12.0. The smallest absolute Gasteiger partial charge is 0.339 e. The van der Waals surface area contributed by atoms with Gasteiger partial charge in [-0.2, -0.15) is 5.26 Å². The van der Waals surface area contributed by atoms with Crippen molar-refractivity contribution in [3.8, 4) is 6.07 Å². The van der Waals surface area contributed by atoms with E-state index < -0.39 is 5.97 Å². The van der Waals surface area contributed by atoms with Crippen LogP contribution in [0, 0.1) is 11.3 Å². The van der Waals surface area contributed by atoms with Gasteiger partial charge in [0.05, 0.1) is 18.2 Å². The van der Waals surface area contributed by atoms with Gasteiger partial charge in [0.2, 0.25) is 0 Å². The SMILES string of the molecule is CCCCCCCCOC(=O)C(=CC#N)c1ccccc1. The van der Waals surface area contributed by atoms with Crippen molar-refractivity contribution >= 4 is 11.5 Å². The molecule has 1 aromatic rings. The predicted molar refractivity (Wildman–Crippen MR) is 84.4 cm³/mol. The van der Waals surface area contributed by atoms with Crippen LogP contribution in [-0.2, 0) is 9.53 Å². The van der Waals surface area contributed by atoms with Crippen LogP contribution >= 0.6 is 0 Å². The fourth-order valence-corrected chi connectivity index (χ4v) is 2.07. The molecule has 0 atom stereocenters. The predicted octanol–water partition coefficient (Wildman–Crippen LogP) is 4.50. The van der Waals surface area contributed by atoms with Crippen LogP contribution < -0.4 is 0 Å². The average Bonchev–Trinajstić information content (AvgIpc) is 2.52. The van der Waals surface area contributed by atoms with Crippen LogP contribution in [0.4, 0.5) is 0 Å². The first-order chi connectivity index (χ1) is 10.3. The van der Waals surface area contributed by atoms with Crippen LogP contribution in [0.3, 0.4) is 0 Å². The highest BCUT2D eigenvalue weighted by Crippen LogP contribution is 2.16. The van der Waals surface area contributed by atoms with Gasteiger partial charge in [0.1, 0.15) is 0 Å². The molecule has 0 heterocycles. The Morgan fingerprint density at radius 3 is 2.48 bits per heavy atom. The monoisotopic (exact) mass is 285 g/mol. The van der Waals surface area contributed by atoms with Gasteiger partial charge in [-0.25, -0.2) is 4.79 Å². The molecule has 0 spiro atoms. The summed E-state index contributed by atoms with van der Waals surface area (Å²) in [5.41, 5.74) is 1.04. The Kier molecular flexibility index (Phi) is 8.63. The van der Waals surface area contributed by atoms with E-state index in [1.54, 1.807) is 12.1 Å². The maximum Gasteiger partial charge on any atom is 0.339 e. The van der Waals surface area contributed by atoms with E-state index >= 15 is 0 Å². The lowest BCUT2D eigenvalue weighted by Crippen LogP contribution is -2.08. The number of nitrogens with zero attached hydrogens (tertiary/aromatic N) is 1. The highest BCUT2D eigenvalue weighted by molar-refractivity contribution is 6.16. The van der Waals surface area contributed by atoms with Gasteiger partial charge in [0.15, 0.2) is 0 Å². The van der Waals surface area contributed by atoms with E-state index in [0.29, 0.717) is 17.7 Å². The molecule has 0 bridgehead atoms. The molecule has 0 aliphatic heterocycles. The standard InChI is InChI=1S/C18H23NO2/c1-2-3-4-5-6-10-15-21-18(20)17(13-14-19)16-11-8-7-9-12-16/h7-9,11-13H,2-6,10,15H2,1H3. The number of ether oxygens (including phenoxy) is 1. The van der Waals surface area contributed by atoms with Crippen molar-refractivity contribution in [3.05, 3.63) is 42.0 Å². The van der Waals surface area contributed by atoms with Crippen molar-refractivity contribution in [3.63, 3.8) is 0 Å². The van der Waals surface area contributed by atoms with Crippen molar-refractivity contribution in [1.29, 1.82) is 5.26 Å². The van der Waals surface area contributed by atoms with Gasteiger partial charge in [-0.3, -0.25) is 0 Å². The first-order valence-corrected chi connectivity index (χ1v) is 7.62. The highest BCUT2D eigenvalue weighted by atomic mass is 16.5. The average molecular weight is 285 g/mol. The number of benzene rings is 1. The maximum atomic E-state index is 12.0. The summed E-state index contributed by atoms with van der Waals surface area (Å²) in [5, 5.41) is 8.80. The molecule has 0 N–H and O–H groups in total. The normalized spacial score (nSPS) is 11.0. The Bertz CT molecular complexity index is 486. The molecule has 0 unspecified atom stereocenters. The minimum Gasteiger partial charge on any atom is -0.462 e. The van der Waals surface area contributed by atoms with Crippen molar-refractivity contribution < 1.29 is 9.53 Å². The number of allylic oxidation sites excluding steroid dienone is 1. The molecular formula is C18H23NO2. The van der Waals surface area contributed by atoms with Gasteiger partial charge in [0, 0.05) is 6.08 Å². The lowest BCUT2D eigenvalue weighted by molar-refractivity contribution is -0.136. The molecular weight excluding hydrogens is 262 g/mol. The Morgan fingerprint density at radius 2 is 1.81 bits per heavy atom. The number of nitriles is 1. The topological polar surface area (TPSA) is 50.1 Å². The van der Waals surface area contributed by atoms with E-state index in [4.69, 9.17) is 10.00 Å². The fraction of sp³-hybridized carbons (Fsp3) is 0.444. The van der Waals surface area contributed by atoms with Crippen molar-refractivity contribution in [2.45, 2.75) is 45.4 Å². The Labute approximate surface area is 127 Å². The number of carbonyl (C=O) groups is 1. The first-order valence-electron chi connectivity index (χ1n) is 7.62. The van der Waals surface area contributed by atoms with Gasteiger partial charge >= 0.3 is 5.97 Å². The molecule has 0 amide bonds. The molecule has 112 valence electrons. The molecule has 0 saturated heterocycles. The molecule has 21 heavy (non-hydrogen) atoms. The summed E-state index contributed by atoms with van der Waals surface area (Å²) < 4.78 is 5.26. The molecule has 3 heteroatoms. The zero-order chi connectivity index (χ0) is 15.3. The lowest BCUT2D eigenvalue weighted by Gasteiger charge is -2.07. The third kappa shape index (κ3) is 6.76. The molecule has 0 aromatic heterocycles. The van der Waals surface area contributed by atoms with E-state index in [0.717, 1.165) is 12.8 Å². The second-order valence-corrected chi connectivity index (χ2v) is 4.96. The van der Waals surface area contributed by atoms with E-state index in [1.807, 2.05) is 24.3 Å². The summed E-state index contributed by atoms with van der Waals surface area (Å²) in [5.74, 6) is -0.420. The van der Waals surface area contributed by atoms with Crippen LogP contribution in [0.15, 0.2) is 36.4 Å². The molecule has 1 rings (SSSR count). The van der Waals surface area contributed by atoms with Gasteiger partial charge in [-0.15, -0.1) is 0 Å². The largest absolute Gasteiger partial charge is 0.462 e. The van der Waals surface area contributed by atoms with E-state index in [2.05, 4.69) is 6.92 Å². The number of hydrogen-bond acceptors (Lipinski definition) is 3. The minimum absolute atomic E-state index is 0.323. The third-order valence-corrected chi connectivity index (χ3v) is 3.24. The summed E-state index contributed by atoms with van der Waals surface area (Å²) in [7, 11) is 0. The van der Waals surface area contributed by atoms with Crippen molar-refractivity contribution in [1.82, 2.24) is 0 Å². The number of unbranched alkanes of at least 4 members (excludes halogenated alkanes) is 5. The molecule has 1 aromatic carbocycles. The second-order valence-electron chi connectivity index (χ2n) is 4.96. The summed E-state index contributed by atoms with van der Waals surface area (Å²) >= 11 is 0. The van der Waals surface area contributed by atoms with Crippen LogP contribution in [0.2, 0.25) is 0 Å². The number of esters is 1. The fourth-order valence-electron chi connectivity index (χ4n) is 2.07. The third-order valence-electron chi connectivity index (χ3n) is 3.24. The molecule has 3 nitrogen and oxygen atoms in total. The second kappa shape index (κ2) is 10.7. The summed E-state index contributed by atoms with van der Waals surface area (Å²) in [6.45, 7) is 2.61. The van der Waals surface area contributed by atoms with Crippen molar-refractivity contribution in [2.75, 3.05) is 6.61 Å². The minimum atomic E-state index is -0.420. The van der Waals surface area contributed by atoms with E-state index in [9.17, 15) is 4.79 Å². The van der Waals surface area contributed by atoms with Gasteiger partial charge in [-0.1, -0.05) is 69.4 Å². The number of rotatable bonds is 9. The van der Waals surface area contributed by atoms with Crippen molar-refractivity contribution in [2.24, 2.45) is 0 Å². The van der Waals surface area contributed by atoms with Crippen LogP contribution in [0.5, 0.6) is 0 Å². The van der Waals surface area contributed by atoms with E-state index in [1.165, 1.54) is 31.8 Å². The lowest BCUT2D eigenvalue weighted by atomic mass is 10.1. The molecule has 0 saturated carbocycles. The summed E-state index contributed by atoms with van der Waals surface area (Å²) in [6, 6.07) is 11.1. The van der Waals surface area contributed by atoms with Crippen LogP contribution in [-0.4, -0.2) is 12.6 Å².